The van der Waals surface area contributed by atoms with Gasteiger partial charge in [0.15, 0.2) is 6.61 Å². The lowest BCUT2D eigenvalue weighted by Crippen LogP contribution is -2.49. The fraction of sp³-hybridized carbons (Fsp3) is 0.304. The van der Waals surface area contributed by atoms with Gasteiger partial charge in [-0.1, -0.05) is 48.5 Å². The summed E-state index contributed by atoms with van der Waals surface area (Å²) < 4.78 is 5.72. The van der Waals surface area contributed by atoms with E-state index in [1.165, 1.54) is 5.56 Å². The molecule has 5 nitrogen and oxygen atoms in total. The van der Waals surface area contributed by atoms with Crippen LogP contribution in [0, 0.1) is 6.92 Å². The smallest absolute Gasteiger partial charge is 0.260 e. The molecule has 1 amide bonds. The molecule has 5 heteroatoms. The summed E-state index contributed by atoms with van der Waals surface area (Å²) in [6, 6.07) is 20.3. The lowest BCUT2D eigenvalue weighted by Gasteiger charge is -2.34. The van der Waals surface area contributed by atoms with Crippen LogP contribution >= 0.6 is 0 Å². The lowest BCUT2D eigenvalue weighted by atomic mass is 10.1. The molecule has 0 N–H and O–H groups in total. The van der Waals surface area contributed by atoms with Crippen LogP contribution in [0.15, 0.2) is 60.7 Å². The third-order valence-corrected chi connectivity index (χ3v) is 5.22. The van der Waals surface area contributed by atoms with E-state index in [-0.39, 0.29) is 12.5 Å². The second-order valence-corrected chi connectivity index (χ2v) is 7.23. The molecule has 0 atom stereocenters. The number of aryl methyl sites for hydroxylation is 1. The molecule has 0 radical (unpaired) electrons. The van der Waals surface area contributed by atoms with Gasteiger partial charge in [0.05, 0.1) is 5.52 Å². The van der Waals surface area contributed by atoms with Crippen molar-refractivity contribution in [3.8, 4) is 5.88 Å². The van der Waals surface area contributed by atoms with Crippen LogP contribution in [0.3, 0.4) is 0 Å². The standard InChI is InChI=1S/C23H25N3O2/c1-18-15-22(24-21-10-6-5-9-20(18)21)28-17-23(27)26-13-11-25(12-14-26)16-19-7-3-2-4-8-19/h2-10,15H,11-14,16-17H2,1H3. The number of piperazine rings is 1. The van der Waals surface area contributed by atoms with Crippen molar-refractivity contribution < 1.29 is 9.53 Å². The molecular weight excluding hydrogens is 350 g/mol. The van der Waals surface area contributed by atoms with E-state index in [9.17, 15) is 4.79 Å². The summed E-state index contributed by atoms with van der Waals surface area (Å²) in [4.78, 5) is 21.3. The molecule has 0 aliphatic carbocycles. The highest BCUT2D eigenvalue weighted by Gasteiger charge is 2.21. The van der Waals surface area contributed by atoms with E-state index in [0.717, 1.165) is 49.2 Å². The zero-order valence-electron chi connectivity index (χ0n) is 16.2. The number of carbonyl (C=O) groups is 1. The Bertz CT molecular complexity index is 950. The highest BCUT2D eigenvalue weighted by molar-refractivity contribution is 5.82. The summed E-state index contributed by atoms with van der Waals surface area (Å²) in [5.74, 6) is 0.527. The Morgan fingerprint density at radius 2 is 1.71 bits per heavy atom. The van der Waals surface area contributed by atoms with Crippen LogP contribution in [0.4, 0.5) is 0 Å². The van der Waals surface area contributed by atoms with E-state index < -0.39 is 0 Å². The van der Waals surface area contributed by atoms with Gasteiger partial charge in [0.25, 0.3) is 5.91 Å². The first kappa shape index (κ1) is 18.4. The maximum Gasteiger partial charge on any atom is 0.260 e. The Morgan fingerprint density at radius 1 is 1.00 bits per heavy atom. The van der Waals surface area contributed by atoms with E-state index in [0.29, 0.717) is 5.88 Å². The second-order valence-electron chi connectivity index (χ2n) is 7.23. The summed E-state index contributed by atoms with van der Waals surface area (Å²) in [5, 5.41) is 1.11. The summed E-state index contributed by atoms with van der Waals surface area (Å²) in [6.07, 6.45) is 0. The molecule has 2 aromatic carbocycles. The summed E-state index contributed by atoms with van der Waals surface area (Å²) >= 11 is 0. The third kappa shape index (κ3) is 4.31. The first-order valence-corrected chi connectivity index (χ1v) is 9.72. The SMILES string of the molecule is Cc1cc(OCC(=O)N2CCN(Cc3ccccc3)CC2)nc2ccccc12. The summed E-state index contributed by atoms with van der Waals surface area (Å²) in [6.45, 7) is 6.23. The zero-order valence-corrected chi connectivity index (χ0v) is 16.2. The van der Waals surface area contributed by atoms with Crippen LogP contribution < -0.4 is 4.74 Å². The number of hydrogen-bond acceptors (Lipinski definition) is 4. The number of aromatic nitrogens is 1. The number of benzene rings is 2. The Morgan fingerprint density at radius 3 is 2.50 bits per heavy atom. The number of hydrogen-bond donors (Lipinski definition) is 0. The minimum absolute atomic E-state index is 0.0203. The van der Waals surface area contributed by atoms with Crippen molar-refractivity contribution in [1.82, 2.24) is 14.8 Å². The van der Waals surface area contributed by atoms with Crippen molar-refractivity contribution in [2.24, 2.45) is 0 Å². The molecule has 1 aromatic heterocycles. The predicted octanol–water partition coefficient (Wildman–Crippen LogP) is 3.27. The van der Waals surface area contributed by atoms with Crippen molar-refractivity contribution in [3.05, 3.63) is 71.8 Å². The molecule has 1 fully saturated rings. The first-order valence-electron chi connectivity index (χ1n) is 9.72. The van der Waals surface area contributed by atoms with E-state index in [4.69, 9.17) is 4.74 Å². The Hall–Kier alpha value is -2.92. The molecular formula is C23H25N3O2. The average molecular weight is 375 g/mol. The first-order chi connectivity index (χ1) is 13.7. The fourth-order valence-corrected chi connectivity index (χ4v) is 3.62. The van der Waals surface area contributed by atoms with Crippen LogP contribution in [0.5, 0.6) is 5.88 Å². The maximum absolute atomic E-state index is 12.5. The molecule has 2 heterocycles. The summed E-state index contributed by atoms with van der Waals surface area (Å²) in [5.41, 5.74) is 3.30. The quantitative estimate of drug-likeness (QED) is 0.687. The number of rotatable bonds is 5. The normalized spacial score (nSPS) is 15.0. The van der Waals surface area contributed by atoms with Crippen LogP contribution in [-0.2, 0) is 11.3 Å². The van der Waals surface area contributed by atoms with Gasteiger partial charge < -0.3 is 9.64 Å². The van der Waals surface area contributed by atoms with Gasteiger partial charge >= 0.3 is 0 Å². The van der Waals surface area contributed by atoms with Crippen LogP contribution in [0.25, 0.3) is 10.9 Å². The van der Waals surface area contributed by atoms with Gasteiger partial charge in [-0.2, -0.15) is 0 Å². The number of pyridine rings is 1. The van der Waals surface area contributed by atoms with E-state index in [1.54, 1.807) is 0 Å². The fourth-order valence-electron chi connectivity index (χ4n) is 3.62. The molecule has 1 aliphatic rings. The Balaban J connectivity index is 1.29. The molecule has 0 unspecified atom stereocenters. The van der Waals surface area contributed by atoms with Gasteiger partial charge in [-0.3, -0.25) is 9.69 Å². The monoisotopic (exact) mass is 375 g/mol. The highest BCUT2D eigenvalue weighted by atomic mass is 16.5. The van der Waals surface area contributed by atoms with E-state index in [2.05, 4.69) is 34.1 Å². The van der Waals surface area contributed by atoms with Crippen molar-refractivity contribution >= 4 is 16.8 Å². The van der Waals surface area contributed by atoms with Crippen LogP contribution in [0.2, 0.25) is 0 Å². The molecule has 0 bridgehead atoms. The van der Waals surface area contributed by atoms with Crippen molar-refractivity contribution in [3.63, 3.8) is 0 Å². The average Bonchev–Trinajstić information content (AvgIpc) is 2.73. The largest absolute Gasteiger partial charge is 0.468 e. The predicted molar refractivity (Wildman–Crippen MR) is 110 cm³/mol. The number of fused-ring (bicyclic) bond motifs is 1. The molecule has 1 saturated heterocycles. The molecule has 0 saturated carbocycles. The van der Waals surface area contributed by atoms with Gasteiger partial charge in [-0.25, -0.2) is 4.98 Å². The van der Waals surface area contributed by atoms with Gasteiger partial charge in [-0.05, 0) is 24.1 Å². The van der Waals surface area contributed by atoms with Gasteiger partial charge in [0.1, 0.15) is 0 Å². The molecule has 3 aromatic rings. The number of para-hydroxylation sites is 1. The molecule has 144 valence electrons. The van der Waals surface area contributed by atoms with Gasteiger partial charge in [0, 0.05) is 44.2 Å². The minimum Gasteiger partial charge on any atom is -0.468 e. The number of carbonyl (C=O) groups excluding carboxylic acids is 1. The zero-order chi connectivity index (χ0) is 19.3. The summed E-state index contributed by atoms with van der Waals surface area (Å²) in [7, 11) is 0. The number of amides is 1. The minimum atomic E-state index is 0.0203. The Kier molecular flexibility index (Phi) is 5.53. The van der Waals surface area contributed by atoms with E-state index in [1.807, 2.05) is 48.2 Å². The van der Waals surface area contributed by atoms with E-state index >= 15 is 0 Å². The molecule has 0 spiro atoms. The van der Waals surface area contributed by atoms with Gasteiger partial charge in [0.2, 0.25) is 5.88 Å². The maximum atomic E-state index is 12.5. The Labute approximate surface area is 165 Å². The highest BCUT2D eigenvalue weighted by Crippen LogP contribution is 2.21. The molecule has 28 heavy (non-hydrogen) atoms. The van der Waals surface area contributed by atoms with Crippen LogP contribution in [0.1, 0.15) is 11.1 Å². The van der Waals surface area contributed by atoms with Crippen molar-refractivity contribution in [1.29, 1.82) is 0 Å². The van der Waals surface area contributed by atoms with Gasteiger partial charge in [-0.15, -0.1) is 0 Å². The third-order valence-electron chi connectivity index (χ3n) is 5.22. The number of ether oxygens (including phenoxy) is 1. The lowest BCUT2D eigenvalue weighted by molar-refractivity contribution is -0.135. The molecule has 1 aliphatic heterocycles. The second kappa shape index (κ2) is 8.40. The van der Waals surface area contributed by atoms with Crippen molar-refractivity contribution in [2.75, 3.05) is 32.8 Å². The topological polar surface area (TPSA) is 45.7 Å². The number of nitrogens with zero attached hydrogens (tertiary/aromatic N) is 3. The van der Waals surface area contributed by atoms with Crippen molar-refractivity contribution in [2.45, 2.75) is 13.5 Å². The molecule has 4 rings (SSSR count). The van der Waals surface area contributed by atoms with Crippen LogP contribution in [-0.4, -0.2) is 53.5 Å².